The molecule has 11 nitrogen and oxygen atoms in total. The summed E-state index contributed by atoms with van der Waals surface area (Å²) in [5.41, 5.74) is 3.31. The highest BCUT2D eigenvalue weighted by Crippen LogP contribution is 2.26. The number of anilines is 1. The van der Waals surface area contributed by atoms with E-state index in [0.717, 1.165) is 10.9 Å². The molecule has 0 radical (unpaired) electrons. The number of benzene rings is 2. The van der Waals surface area contributed by atoms with Gasteiger partial charge in [-0.25, -0.2) is 10.3 Å². The number of hydrogen-bond acceptors (Lipinski definition) is 8. The Morgan fingerprint density at radius 3 is 2.57 bits per heavy atom. The van der Waals surface area contributed by atoms with Crippen molar-refractivity contribution < 1.29 is 33.9 Å². The average molecular weight is 507 g/mol. The fourth-order valence-corrected chi connectivity index (χ4v) is 4.07. The highest BCUT2D eigenvalue weighted by Gasteiger charge is 2.42. The van der Waals surface area contributed by atoms with Gasteiger partial charge in [0.2, 0.25) is 11.8 Å². The third kappa shape index (κ3) is 6.58. The molecule has 3 N–H and O–H groups in total. The van der Waals surface area contributed by atoms with E-state index in [4.69, 9.17) is 14.7 Å². The molecule has 1 aliphatic heterocycles. The number of likely N-dealkylation sites (tertiary alicyclic amines) is 1. The van der Waals surface area contributed by atoms with Crippen LogP contribution in [0.2, 0.25) is 0 Å². The minimum absolute atomic E-state index is 0.0124. The Bertz CT molecular complexity index is 1280. The highest BCUT2D eigenvalue weighted by molar-refractivity contribution is 6.03. The number of fused-ring (bicyclic) bond motifs is 1. The van der Waals surface area contributed by atoms with Gasteiger partial charge in [0.25, 0.3) is 0 Å². The van der Waals surface area contributed by atoms with Crippen molar-refractivity contribution in [2.75, 3.05) is 11.9 Å². The maximum Gasteiger partial charge on any atom is 0.410 e. The molecule has 4 rings (SSSR count). The molecule has 1 fully saturated rings. The Labute approximate surface area is 212 Å². The van der Waals surface area contributed by atoms with E-state index in [1.54, 1.807) is 24.4 Å². The van der Waals surface area contributed by atoms with Crippen molar-refractivity contribution in [3.8, 4) is 0 Å². The van der Waals surface area contributed by atoms with Gasteiger partial charge < -0.3 is 14.8 Å². The summed E-state index contributed by atoms with van der Waals surface area (Å²) in [5, 5.41) is 12.3. The number of pyridine rings is 1. The molecule has 192 valence electrons. The summed E-state index contributed by atoms with van der Waals surface area (Å²) >= 11 is 0. The van der Waals surface area contributed by atoms with Crippen molar-refractivity contribution in [1.29, 1.82) is 0 Å². The molecule has 0 aliphatic carbocycles. The standard InChI is InChI=1S/C26H26N4O7/c31-22(29-35)11-12-23(32)37-19-14-21(30(15-19)26(34)36-16-17-6-2-1-3-7-17)25(33)28-20-10-4-8-18-9-5-13-27-24(18)20/h1-10,13,19,21,35H,11-12,14-16H2,(H,28,33)(H,29,31). The van der Waals surface area contributed by atoms with Gasteiger partial charge in [0.15, 0.2) is 0 Å². The van der Waals surface area contributed by atoms with E-state index >= 15 is 0 Å². The average Bonchev–Trinajstić information content (AvgIpc) is 3.35. The SMILES string of the molecule is O=C(CCC(=O)OC1CC(C(=O)Nc2cccc3cccnc23)N(C(=O)OCc2ccccc2)C1)NO. The monoisotopic (exact) mass is 506 g/mol. The van der Waals surface area contributed by atoms with Crippen molar-refractivity contribution >= 4 is 40.5 Å². The number of hydrogen-bond donors (Lipinski definition) is 3. The fourth-order valence-electron chi connectivity index (χ4n) is 4.07. The maximum atomic E-state index is 13.3. The minimum atomic E-state index is -0.971. The van der Waals surface area contributed by atoms with Crippen LogP contribution in [-0.2, 0) is 30.5 Å². The Morgan fingerprint density at radius 2 is 1.78 bits per heavy atom. The van der Waals surface area contributed by atoms with Gasteiger partial charge >= 0.3 is 12.1 Å². The third-order valence-electron chi connectivity index (χ3n) is 5.87. The lowest BCUT2D eigenvalue weighted by Crippen LogP contribution is -2.43. The Kier molecular flexibility index (Phi) is 8.26. The van der Waals surface area contributed by atoms with Crippen molar-refractivity contribution in [2.45, 2.75) is 38.0 Å². The maximum absolute atomic E-state index is 13.3. The van der Waals surface area contributed by atoms with Crippen LogP contribution in [0, 0.1) is 0 Å². The quantitative estimate of drug-likeness (QED) is 0.240. The number of esters is 1. The van der Waals surface area contributed by atoms with Crippen molar-refractivity contribution in [3.63, 3.8) is 0 Å². The Hall–Kier alpha value is -4.51. The lowest BCUT2D eigenvalue weighted by Gasteiger charge is -2.23. The summed E-state index contributed by atoms with van der Waals surface area (Å²) in [6, 6.07) is 17.2. The third-order valence-corrected chi connectivity index (χ3v) is 5.87. The van der Waals surface area contributed by atoms with Gasteiger partial charge in [0.05, 0.1) is 24.2 Å². The Balaban J connectivity index is 1.47. The van der Waals surface area contributed by atoms with E-state index in [-0.39, 0.29) is 32.4 Å². The number of aromatic nitrogens is 1. The van der Waals surface area contributed by atoms with Crippen molar-refractivity contribution in [1.82, 2.24) is 15.4 Å². The number of amides is 3. The van der Waals surface area contributed by atoms with Crippen molar-refractivity contribution in [3.05, 3.63) is 72.4 Å². The summed E-state index contributed by atoms with van der Waals surface area (Å²) < 4.78 is 10.8. The first kappa shape index (κ1) is 25.6. The zero-order valence-electron chi connectivity index (χ0n) is 19.8. The smallest absolute Gasteiger partial charge is 0.410 e. The summed E-state index contributed by atoms with van der Waals surface area (Å²) in [7, 11) is 0. The normalized spacial score (nSPS) is 16.7. The number of hydroxylamine groups is 1. The molecule has 1 saturated heterocycles. The first-order valence-electron chi connectivity index (χ1n) is 11.7. The number of ether oxygens (including phenoxy) is 2. The van der Waals surface area contributed by atoms with Crippen LogP contribution in [-0.4, -0.2) is 57.7 Å². The number of carbonyl (C=O) groups excluding carboxylic acids is 4. The van der Waals surface area contributed by atoms with Crippen LogP contribution in [0.25, 0.3) is 10.9 Å². The second-order valence-corrected chi connectivity index (χ2v) is 8.46. The van der Waals surface area contributed by atoms with E-state index in [0.29, 0.717) is 11.2 Å². The summed E-state index contributed by atoms with van der Waals surface area (Å²) in [6.45, 7) is -0.0457. The topological polar surface area (TPSA) is 147 Å². The van der Waals surface area contributed by atoms with Gasteiger partial charge in [-0.05, 0) is 17.7 Å². The first-order valence-corrected chi connectivity index (χ1v) is 11.7. The van der Waals surface area contributed by atoms with E-state index in [9.17, 15) is 19.2 Å². The van der Waals surface area contributed by atoms with E-state index < -0.39 is 36.0 Å². The molecule has 37 heavy (non-hydrogen) atoms. The van der Waals surface area contributed by atoms with E-state index in [1.807, 2.05) is 42.5 Å². The molecular formula is C26H26N4O7. The number of para-hydroxylation sites is 1. The van der Waals surface area contributed by atoms with Gasteiger partial charge in [0, 0.05) is 24.4 Å². The molecule has 2 unspecified atom stereocenters. The number of nitrogens with one attached hydrogen (secondary N) is 2. The largest absolute Gasteiger partial charge is 0.460 e. The van der Waals surface area contributed by atoms with Gasteiger partial charge in [-0.15, -0.1) is 0 Å². The first-order chi connectivity index (χ1) is 17.9. The molecule has 0 spiro atoms. The molecule has 0 bridgehead atoms. The van der Waals surface area contributed by atoms with Crippen LogP contribution in [0.3, 0.4) is 0 Å². The lowest BCUT2D eigenvalue weighted by molar-refractivity contribution is -0.150. The minimum Gasteiger partial charge on any atom is -0.460 e. The lowest BCUT2D eigenvalue weighted by atomic mass is 10.1. The predicted octanol–water partition coefficient (Wildman–Crippen LogP) is 2.78. The summed E-state index contributed by atoms with van der Waals surface area (Å²) in [4.78, 5) is 55.3. The summed E-state index contributed by atoms with van der Waals surface area (Å²) in [5.74, 6) is -1.89. The molecular weight excluding hydrogens is 480 g/mol. The van der Waals surface area contributed by atoms with E-state index in [2.05, 4.69) is 10.3 Å². The van der Waals surface area contributed by atoms with Crippen LogP contribution in [0.5, 0.6) is 0 Å². The molecule has 0 saturated carbocycles. The molecule has 11 heteroatoms. The van der Waals surface area contributed by atoms with Gasteiger partial charge in [0.1, 0.15) is 18.8 Å². The Morgan fingerprint density at radius 1 is 1.00 bits per heavy atom. The fraction of sp³-hybridized carbons (Fsp3) is 0.269. The predicted molar refractivity (Wildman–Crippen MR) is 131 cm³/mol. The molecule has 2 atom stereocenters. The molecule has 3 amide bonds. The number of carbonyl (C=O) groups is 4. The molecule has 3 aromatic rings. The molecule has 2 aromatic carbocycles. The van der Waals surface area contributed by atoms with Gasteiger partial charge in [-0.1, -0.05) is 48.5 Å². The number of nitrogens with zero attached hydrogens (tertiary/aromatic N) is 2. The van der Waals surface area contributed by atoms with Crippen LogP contribution in [0.4, 0.5) is 10.5 Å². The van der Waals surface area contributed by atoms with Crippen LogP contribution in [0.15, 0.2) is 66.9 Å². The van der Waals surface area contributed by atoms with Crippen LogP contribution in [0.1, 0.15) is 24.8 Å². The number of rotatable bonds is 8. The molecule has 1 aliphatic rings. The highest BCUT2D eigenvalue weighted by atomic mass is 16.6. The second-order valence-electron chi connectivity index (χ2n) is 8.46. The van der Waals surface area contributed by atoms with Crippen LogP contribution < -0.4 is 10.8 Å². The summed E-state index contributed by atoms with van der Waals surface area (Å²) in [6.07, 6.45) is -0.369. The van der Waals surface area contributed by atoms with E-state index in [1.165, 1.54) is 10.4 Å². The van der Waals surface area contributed by atoms with Crippen molar-refractivity contribution in [2.24, 2.45) is 0 Å². The van der Waals surface area contributed by atoms with Crippen LogP contribution >= 0.6 is 0 Å². The zero-order valence-corrected chi connectivity index (χ0v) is 19.8. The second kappa shape index (κ2) is 12.0. The zero-order chi connectivity index (χ0) is 26.2. The van der Waals surface area contributed by atoms with Gasteiger partial charge in [-0.2, -0.15) is 0 Å². The molecule has 1 aromatic heterocycles. The molecule has 2 heterocycles. The van der Waals surface area contributed by atoms with Gasteiger partial charge in [-0.3, -0.25) is 29.5 Å².